The quantitative estimate of drug-likeness (QED) is 0.777. The van der Waals surface area contributed by atoms with Gasteiger partial charge in [0.2, 0.25) is 5.96 Å². The van der Waals surface area contributed by atoms with Crippen LogP contribution in [0.3, 0.4) is 0 Å². The Balaban J connectivity index is 2.28. The number of nitrogens with two attached hydrogens (primary N) is 1. The number of ether oxygens (including phenoxy) is 2. The van der Waals surface area contributed by atoms with E-state index in [4.69, 9.17) is 15.2 Å². The molecule has 1 atom stereocenters. The van der Waals surface area contributed by atoms with Crippen molar-refractivity contribution in [2.24, 2.45) is 10.7 Å². The first-order chi connectivity index (χ1) is 13.1. The molecule has 0 fully saturated rings. The third-order valence-electron chi connectivity index (χ3n) is 4.15. The number of carbonyl (C=O) groups is 2. The molecule has 0 aliphatic carbocycles. The fourth-order valence-corrected chi connectivity index (χ4v) is 2.98. The van der Waals surface area contributed by atoms with Gasteiger partial charge in [0, 0.05) is 0 Å². The summed E-state index contributed by atoms with van der Waals surface area (Å²) < 4.78 is 11.0. The molecule has 1 heterocycles. The largest absolute Gasteiger partial charge is 0.457 e. The maximum Gasteiger partial charge on any atom is 0.417 e. The molecule has 0 radical (unpaired) electrons. The zero-order valence-corrected chi connectivity index (χ0v) is 17.2. The monoisotopic (exact) mass is 387 g/mol. The van der Waals surface area contributed by atoms with Crippen LogP contribution in [0.4, 0.5) is 4.79 Å². The molecule has 1 aromatic rings. The van der Waals surface area contributed by atoms with Crippen molar-refractivity contribution < 1.29 is 19.1 Å². The van der Waals surface area contributed by atoms with E-state index >= 15 is 0 Å². The summed E-state index contributed by atoms with van der Waals surface area (Å²) in [6.07, 6.45) is 0.635. The first-order valence-electron chi connectivity index (χ1n) is 9.42. The SMILES string of the molecule is CCCC1C(C(=O)OCc2ccccc2)=C(C)N=C(N)N1C(=O)OC(C)(C)C. The highest BCUT2D eigenvalue weighted by Gasteiger charge is 2.39. The molecule has 28 heavy (non-hydrogen) atoms. The van der Waals surface area contributed by atoms with Gasteiger partial charge in [-0.15, -0.1) is 0 Å². The summed E-state index contributed by atoms with van der Waals surface area (Å²) in [5, 5.41) is 0. The first-order valence-corrected chi connectivity index (χ1v) is 9.42. The molecule has 7 nitrogen and oxygen atoms in total. The average molecular weight is 387 g/mol. The summed E-state index contributed by atoms with van der Waals surface area (Å²) in [4.78, 5) is 31.0. The van der Waals surface area contributed by atoms with Gasteiger partial charge in [-0.25, -0.2) is 19.5 Å². The molecule has 0 saturated carbocycles. The Morgan fingerprint density at radius 1 is 1.21 bits per heavy atom. The number of amides is 1. The van der Waals surface area contributed by atoms with Crippen molar-refractivity contribution in [3.8, 4) is 0 Å². The summed E-state index contributed by atoms with van der Waals surface area (Å²) in [5.74, 6) is -0.491. The summed E-state index contributed by atoms with van der Waals surface area (Å²) in [5.41, 5.74) is 6.99. The lowest BCUT2D eigenvalue weighted by molar-refractivity contribution is -0.141. The number of rotatable bonds is 5. The minimum absolute atomic E-state index is 0.0183. The minimum Gasteiger partial charge on any atom is -0.457 e. The number of nitrogens with zero attached hydrogens (tertiary/aromatic N) is 2. The van der Waals surface area contributed by atoms with Gasteiger partial charge in [-0.1, -0.05) is 43.7 Å². The van der Waals surface area contributed by atoms with Crippen molar-refractivity contribution in [3.63, 3.8) is 0 Å². The highest BCUT2D eigenvalue weighted by molar-refractivity contribution is 6.00. The number of carbonyl (C=O) groups excluding carboxylic acids is 2. The second kappa shape index (κ2) is 8.91. The Bertz CT molecular complexity index is 779. The standard InChI is InChI=1S/C21H29N3O4/c1-6-10-16-17(18(25)27-13-15-11-8-7-9-12-15)14(2)23-19(22)24(16)20(26)28-21(3,4)5/h7-9,11-12,16H,6,10,13H2,1-5H3,(H2,22,23). The third kappa shape index (κ3) is 5.34. The molecule has 2 N–H and O–H groups in total. The molecular weight excluding hydrogens is 358 g/mol. The first kappa shape index (κ1) is 21.5. The van der Waals surface area contributed by atoms with Gasteiger partial charge in [0.25, 0.3) is 0 Å². The van der Waals surface area contributed by atoms with E-state index in [9.17, 15) is 9.59 Å². The van der Waals surface area contributed by atoms with Crippen molar-refractivity contribution in [1.82, 2.24) is 4.90 Å². The number of hydrogen-bond acceptors (Lipinski definition) is 6. The van der Waals surface area contributed by atoms with Gasteiger partial charge in [0.15, 0.2) is 0 Å². The number of esters is 1. The van der Waals surface area contributed by atoms with Gasteiger partial charge in [-0.2, -0.15) is 0 Å². The van der Waals surface area contributed by atoms with Crippen molar-refractivity contribution in [2.45, 2.75) is 65.7 Å². The fraction of sp³-hybridized carbons (Fsp3) is 0.476. The van der Waals surface area contributed by atoms with Crippen molar-refractivity contribution in [2.75, 3.05) is 0 Å². The molecule has 152 valence electrons. The molecular formula is C21H29N3O4. The average Bonchev–Trinajstić information content (AvgIpc) is 2.59. The van der Waals surface area contributed by atoms with Crippen LogP contribution in [-0.2, 0) is 20.9 Å². The predicted octanol–water partition coefficient (Wildman–Crippen LogP) is 3.74. The van der Waals surface area contributed by atoms with E-state index in [1.54, 1.807) is 27.7 Å². The summed E-state index contributed by atoms with van der Waals surface area (Å²) >= 11 is 0. The van der Waals surface area contributed by atoms with E-state index < -0.39 is 23.7 Å². The van der Waals surface area contributed by atoms with Crippen LogP contribution in [0.2, 0.25) is 0 Å². The van der Waals surface area contributed by atoms with Crippen LogP contribution >= 0.6 is 0 Å². The van der Waals surface area contributed by atoms with Crippen LogP contribution in [0.15, 0.2) is 46.6 Å². The molecule has 0 aromatic heterocycles. The summed E-state index contributed by atoms with van der Waals surface area (Å²) in [6, 6.07) is 8.82. The Kier molecular flexibility index (Phi) is 6.83. The summed E-state index contributed by atoms with van der Waals surface area (Å²) in [7, 11) is 0. The molecule has 1 unspecified atom stereocenters. The Morgan fingerprint density at radius 3 is 2.43 bits per heavy atom. The Hall–Kier alpha value is -2.83. The van der Waals surface area contributed by atoms with Crippen LogP contribution < -0.4 is 5.73 Å². The van der Waals surface area contributed by atoms with Gasteiger partial charge < -0.3 is 15.2 Å². The van der Waals surface area contributed by atoms with E-state index in [0.717, 1.165) is 12.0 Å². The second-order valence-electron chi connectivity index (χ2n) is 7.69. The van der Waals surface area contributed by atoms with Gasteiger partial charge in [-0.05, 0) is 39.7 Å². The van der Waals surface area contributed by atoms with E-state index in [0.29, 0.717) is 17.7 Å². The number of aliphatic imine (C=N–C) groups is 1. The lowest BCUT2D eigenvalue weighted by atomic mass is 9.98. The number of allylic oxidation sites excluding steroid dienone is 1. The van der Waals surface area contributed by atoms with Gasteiger partial charge in [0.1, 0.15) is 12.2 Å². The van der Waals surface area contributed by atoms with Gasteiger partial charge in [0.05, 0.1) is 17.3 Å². The predicted molar refractivity (Wildman–Crippen MR) is 107 cm³/mol. The number of guanidine groups is 1. The Morgan fingerprint density at radius 2 is 1.86 bits per heavy atom. The van der Waals surface area contributed by atoms with Gasteiger partial charge in [-0.3, -0.25) is 0 Å². The van der Waals surface area contributed by atoms with Crippen molar-refractivity contribution in [1.29, 1.82) is 0 Å². The molecule has 0 saturated heterocycles. The second-order valence-corrected chi connectivity index (χ2v) is 7.69. The molecule has 1 aromatic carbocycles. The molecule has 1 amide bonds. The van der Waals surface area contributed by atoms with Crippen LogP contribution in [0.5, 0.6) is 0 Å². The molecule has 1 aliphatic rings. The highest BCUT2D eigenvalue weighted by Crippen LogP contribution is 2.28. The van der Waals surface area contributed by atoms with Crippen LogP contribution in [0.1, 0.15) is 53.0 Å². The van der Waals surface area contributed by atoms with Crippen LogP contribution in [0, 0.1) is 0 Å². The van der Waals surface area contributed by atoms with Gasteiger partial charge >= 0.3 is 12.1 Å². The number of hydrogen-bond donors (Lipinski definition) is 1. The third-order valence-corrected chi connectivity index (χ3v) is 4.15. The van der Waals surface area contributed by atoms with Crippen LogP contribution in [0.25, 0.3) is 0 Å². The van der Waals surface area contributed by atoms with E-state index in [1.807, 2.05) is 37.3 Å². The topological polar surface area (TPSA) is 94.2 Å². The Labute approximate surface area is 166 Å². The molecule has 1 aliphatic heterocycles. The van der Waals surface area contributed by atoms with Crippen molar-refractivity contribution in [3.05, 3.63) is 47.2 Å². The molecule has 0 bridgehead atoms. The van der Waals surface area contributed by atoms with E-state index in [1.165, 1.54) is 4.90 Å². The number of benzene rings is 1. The molecule has 2 rings (SSSR count). The maximum atomic E-state index is 12.9. The van der Waals surface area contributed by atoms with Crippen molar-refractivity contribution >= 4 is 18.0 Å². The smallest absolute Gasteiger partial charge is 0.417 e. The normalized spacial score (nSPS) is 17.2. The van der Waals surface area contributed by atoms with E-state index in [2.05, 4.69) is 4.99 Å². The van der Waals surface area contributed by atoms with E-state index in [-0.39, 0.29) is 12.6 Å². The molecule has 0 spiro atoms. The zero-order chi connectivity index (χ0) is 20.9. The summed E-state index contributed by atoms with van der Waals surface area (Å²) in [6.45, 7) is 9.12. The maximum absolute atomic E-state index is 12.9. The minimum atomic E-state index is -0.696. The highest BCUT2D eigenvalue weighted by atomic mass is 16.6. The fourth-order valence-electron chi connectivity index (χ4n) is 2.98. The lowest BCUT2D eigenvalue weighted by Gasteiger charge is -2.36. The van der Waals surface area contributed by atoms with Crippen LogP contribution in [-0.4, -0.2) is 34.6 Å². The zero-order valence-electron chi connectivity index (χ0n) is 17.2. The molecule has 7 heteroatoms. The lowest BCUT2D eigenvalue weighted by Crippen LogP contribution is -2.53.